The van der Waals surface area contributed by atoms with Crippen molar-refractivity contribution in [2.24, 2.45) is 21.7 Å². The van der Waals surface area contributed by atoms with E-state index in [1.807, 2.05) is 69.2 Å². The van der Waals surface area contributed by atoms with Crippen LogP contribution in [0.1, 0.15) is 82.1 Å². The van der Waals surface area contributed by atoms with E-state index >= 15 is 0 Å². The van der Waals surface area contributed by atoms with Crippen LogP contribution >= 0.6 is 0 Å². The summed E-state index contributed by atoms with van der Waals surface area (Å²) in [5.41, 5.74) is -2.29. The van der Waals surface area contributed by atoms with Gasteiger partial charge in [-0.2, -0.15) is 0 Å². The predicted octanol–water partition coefficient (Wildman–Crippen LogP) is 5.11. The Morgan fingerprint density at radius 3 is 1.00 bits per heavy atom. The van der Waals surface area contributed by atoms with Gasteiger partial charge in [-0.25, -0.2) is 0 Å². The summed E-state index contributed by atoms with van der Waals surface area (Å²) in [6.07, 6.45) is -0.106. The maximum absolute atomic E-state index is 12.5. The van der Waals surface area contributed by atoms with E-state index in [-0.39, 0.29) is 36.0 Å². The molecule has 0 saturated heterocycles. The molecule has 0 bridgehead atoms. The fraction of sp³-hybridized carbons (Fsp3) is 0.818. The van der Waals surface area contributed by atoms with E-state index in [1.165, 1.54) is 14.4 Å². The van der Waals surface area contributed by atoms with E-state index < -0.39 is 21.7 Å². The van der Waals surface area contributed by atoms with Gasteiger partial charge >= 0.3 is 171 Å². The fourth-order valence-corrected chi connectivity index (χ4v) is 3.61. The molecule has 0 N–H and O–H groups in total. The maximum atomic E-state index is 12.5. The van der Waals surface area contributed by atoms with Gasteiger partial charge in [0.05, 0.1) is 0 Å². The minimum absolute atomic E-state index is 0.0516. The van der Waals surface area contributed by atoms with Gasteiger partial charge in [-0.3, -0.25) is 0 Å². The molecule has 0 saturated carbocycles. The summed E-state index contributed by atoms with van der Waals surface area (Å²) in [4.78, 5) is 49.3. The van der Waals surface area contributed by atoms with Crippen LogP contribution in [0.4, 0.5) is 0 Å². The standard InChI is InChI=1S/2C11H19O2.Ni/c2*1-10(2,3)8(12)7-9(13)11(4,5)6;/h2*1,7H2,2-6H3;. The first-order valence-electron chi connectivity index (χ1n) is 9.39. The number of Topliss-reactive ketones (excluding diaryl/α,β-unsaturated/α-hetero) is 4. The van der Waals surface area contributed by atoms with Crippen LogP contribution in [0.5, 0.6) is 0 Å². The Labute approximate surface area is 171 Å². The Kier molecular flexibility index (Phi) is 8.84. The van der Waals surface area contributed by atoms with Gasteiger partial charge in [-0.1, -0.05) is 0 Å². The first kappa shape index (κ1) is 26.2. The van der Waals surface area contributed by atoms with Crippen LogP contribution in [0.25, 0.3) is 0 Å². The zero-order chi connectivity index (χ0) is 21.8. The molecule has 0 heterocycles. The normalized spacial score (nSPS) is 13.6. The summed E-state index contributed by atoms with van der Waals surface area (Å²) in [6.45, 7) is 18.3. The van der Waals surface area contributed by atoms with Crippen LogP contribution in [0, 0.1) is 21.7 Å². The molecule has 0 unspecified atom stereocenters. The minimum atomic E-state index is -0.624. The molecule has 5 heteroatoms. The summed E-state index contributed by atoms with van der Waals surface area (Å²) >= 11 is 1.32. The third-order valence-electron chi connectivity index (χ3n) is 4.54. The molecular weight excluding hydrogens is 387 g/mol. The summed E-state index contributed by atoms with van der Waals surface area (Å²) in [5.74, 6) is -0.228. The number of carbonyl (C=O) groups excluding carboxylic acids is 4. The molecule has 27 heavy (non-hydrogen) atoms. The first-order chi connectivity index (χ1) is 11.8. The van der Waals surface area contributed by atoms with Crippen LogP contribution in [0.3, 0.4) is 0 Å². The molecule has 0 aliphatic carbocycles. The van der Waals surface area contributed by atoms with Gasteiger partial charge in [-0.15, -0.1) is 0 Å². The summed E-state index contributed by atoms with van der Waals surface area (Å²) in [7, 11) is 0. The molecule has 0 spiro atoms. The van der Waals surface area contributed by atoms with Crippen molar-refractivity contribution in [3.05, 3.63) is 0 Å². The van der Waals surface area contributed by atoms with Crippen molar-refractivity contribution in [2.45, 2.75) is 92.9 Å². The molecule has 0 atom stereocenters. The first-order valence-corrected chi connectivity index (χ1v) is 10.8. The van der Waals surface area contributed by atoms with E-state index in [0.717, 1.165) is 0 Å². The molecule has 4 nitrogen and oxygen atoms in total. The van der Waals surface area contributed by atoms with E-state index in [9.17, 15) is 19.2 Å². The van der Waals surface area contributed by atoms with Gasteiger partial charge in [-0.05, 0) is 0 Å². The average molecular weight is 425 g/mol. The van der Waals surface area contributed by atoms with Crippen LogP contribution < -0.4 is 0 Å². The summed E-state index contributed by atoms with van der Waals surface area (Å²) in [5, 5.41) is 1.11. The molecule has 160 valence electrons. The Balaban J connectivity index is 4.74. The van der Waals surface area contributed by atoms with Gasteiger partial charge in [0.25, 0.3) is 0 Å². The molecule has 0 rings (SSSR count). The average Bonchev–Trinajstić information content (AvgIpc) is 2.44. The van der Waals surface area contributed by atoms with Crippen LogP contribution in [0.2, 0.25) is 10.8 Å². The molecule has 0 aromatic heterocycles. The van der Waals surface area contributed by atoms with Crippen molar-refractivity contribution >= 4 is 23.1 Å². The second-order valence-corrected chi connectivity index (χ2v) is 11.9. The molecule has 0 aliphatic heterocycles. The molecule has 0 aromatic rings. The van der Waals surface area contributed by atoms with Gasteiger partial charge < -0.3 is 0 Å². The number of ketones is 4. The fourth-order valence-electron chi connectivity index (χ4n) is 1.86. The van der Waals surface area contributed by atoms with E-state index in [1.54, 1.807) is 0 Å². The number of rotatable bonds is 10. The van der Waals surface area contributed by atoms with Crippen molar-refractivity contribution < 1.29 is 33.6 Å². The number of carbonyl (C=O) groups is 4. The van der Waals surface area contributed by atoms with Gasteiger partial charge in [0, 0.05) is 0 Å². The van der Waals surface area contributed by atoms with E-state index in [4.69, 9.17) is 0 Å². The third-order valence-corrected chi connectivity index (χ3v) is 6.78. The number of hydrogen-bond acceptors (Lipinski definition) is 4. The topological polar surface area (TPSA) is 68.3 Å². The van der Waals surface area contributed by atoms with Crippen LogP contribution in [0.15, 0.2) is 0 Å². The van der Waals surface area contributed by atoms with Crippen molar-refractivity contribution in [2.75, 3.05) is 0 Å². The Morgan fingerprint density at radius 1 is 0.519 bits per heavy atom. The van der Waals surface area contributed by atoms with E-state index in [2.05, 4.69) is 0 Å². The molecule has 0 radical (unpaired) electrons. The Bertz CT molecular complexity index is 534. The van der Waals surface area contributed by atoms with Crippen LogP contribution in [-0.4, -0.2) is 23.1 Å². The zero-order valence-corrected chi connectivity index (χ0v) is 19.8. The Morgan fingerprint density at radius 2 is 0.778 bits per heavy atom. The number of hydrogen-bond donors (Lipinski definition) is 0. The van der Waals surface area contributed by atoms with Crippen molar-refractivity contribution in [1.82, 2.24) is 0 Å². The molecule has 0 fully saturated rings. The quantitative estimate of drug-likeness (QED) is 0.361. The van der Waals surface area contributed by atoms with Crippen molar-refractivity contribution in [3.8, 4) is 0 Å². The second-order valence-electron chi connectivity index (χ2n) is 10.7. The van der Waals surface area contributed by atoms with Crippen molar-refractivity contribution in [3.63, 3.8) is 0 Å². The second kappa shape index (κ2) is 9.11. The zero-order valence-electron chi connectivity index (χ0n) is 18.8. The molecule has 0 aliphatic rings. The van der Waals surface area contributed by atoms with Gasteiger partial charge in [0.2, 0.25) is 0 Å². The Hall–Kier alpha value is -0.826. The van der Waals surface area contributed by atoms with Crippen molar-refractivity contribution in [1.29, 1.82) is 0 Å². The monoisotopic (exact) mass is 424 g/mol. The van der Waals surface area contributed by atoms with Gasteiger partial charge in [0.1, 0.15) is 0 Å². The predicted molar refractivity (Wildman–Crippen MR) is 105 cm³/mol. The SMILES string of the molecule is CC(C)(C)C(=O)CC(=O)C(C)(C)[CH2][Ni][CH2]C(C)(C)C(=O)CC(=O)C(C)(C)C. The molecule has 0 aromatic carbocycles. The van der Waals surface area contributed by atoms with Gasteiger partial charge in [0.15, 0.2) is 0 Å². The molecular formula is C22H38NiO4. The van der Waals surface area contributed by atoms with E-state index in [0.29, 0.717) is 10.8 Å². The van der Waals surface area contributed by atoms with Crippen LogP contribution in [-0.2, 0) is 33.6 Å². The summed E-state index contributed by atoms with van der Waals surface area (Å²) < 4.78 is 0. The molecule has 0 amide bonds. The summed E-state index contributed by atoms with van der Waals surface area (Å²) in [6, 6.07) is 0. The third kappa shape index (κ3) is 8.81.